The number of hydrogen-bond acceptors (Lipinski definition) is 2. The molecule has 1 heterocycles. The highest BCUT2D eigenvalue weighted by Crippen LogP contribution is 2.44. The molecule has 3 rings (SSSR count). The summed E-state index contributed by atoms with van der Waals surface area (Å²) in [5.41, 5.74) is 5.28. The molecule has 0 bridgehead atoms. The van der Waals surface area contributed by atoms with Gasteiger partial charge in [0.25, 0.3) is 0 Å². The van der Waals surface area contributed by atoms with Gasteiger partial charge in [-0.25, -0.2) is 4.79 Å². The Labute approximate surface area is 141 Å². The van der Waals surface area contributed by atoms with Crippen molar-refractivity contribution in [2.24, 2.45) is 0 Å². The van der Waals surface area contributed by atoms with Gasteiger partial charge in [-0.1, -0.05) is 38.1 Å². The highest BCUT2D eigenvalue weighted by atomic mass is 32.2. The van der Waals surface area contributed by atoms with Gasteiger partial charge in [0, 0.05) is 16.1 Å². The molecule has 23 heavy (non-hydrogen) atoms. The quantitative estimate of drug-likeness (QED) is 0.841. The van der Waals surface area contributed by atoms with Crippen molar-refractivity contribution in [1.29, 1.82) is 0 Å². The smallest absolute Gasteiger partial charge is 0.335 e. The summed E-state index contributed by atoms with van der Waals surface area (Å²) < 4.78 is 0. The highest BCUT2D eigenvalue weighted by Gasteiger charge is 2.30. The Morgan fingerprint density at radius 1 is 1.09 bits per heavy atom. The Bertz CT molecular complexity index is 786. The molecule has 2 nitrogen and oxygen atoms in total. The number of fused-ring (bicyclic) bond motifs is 1. The van der Waals surface area contributed by atoms with Crippen LogP contribution in [0.1, 0.15) is 47.8 Å². The van der Waals surface area contributed by atoms with E-state index in [0.29, 0.717) is 5.56 Å². The van der Waals surface area contributed by atoms with Crippen LogP contribution in [-0.4, -0.2) is 16.8 Å². The topological polar surface area (TPSA) is 37.3 Å². The van der Waals surface area contributed by atoms with Gasteiger partial charge in [0.15, 0.2) is 0 Å². The first-order chi connectivity index (χ1) is 10.9. The van der Waals surface area contributed by atoms with E-state index in [1.165, 1.54) is 16.0 Å². The van der Waals surface area contributed by atoms with Gasteiger partial charge in [-0.2, -0.15) is 0 Å². The minimum atomic E-state index is -0.894. The number of hydrogen-bond donors (Lipinski definition) is 1. The third-order valence-corrected chi connectivity index (χ3v) is 5.87. The summed E-state index contributed by atoms with van der Waals surface area (Å²) in [4.78, 5) is 12.4. The summed E-state index contributed by atoms with van der Waals surface area (Å²) in [6.45, 7) is 6.59. The van der Waals surface area contributed by atoms with Crippen molar-refractivity contribution < 1.29 is 9.90 Å². The molecule has 0 aromatic heterocycles. The standard InChI is InChI=1S/C20H20O2S/c1-4-16(13-5-7-14(8-6-13)19(21)22)15-9-10-18-17(11-15)20(2,3)12-23-18/h4-11H,12H2,1-3H3,(H,21,22)/b16-4+. The van der Waals surface area contributed by atoms with Crippen LogP contribution < -0.4 is 0 Å². The normalized spacial score (nSPS) is 16.2. The summed E-state index contributed by atoms with van der Waals surface area (Å²) in [6, 6.07) is 13.7. The summed E-state index contributed by atoms with van der Waals surface area (Å²) in [7, 11) is 0. The molecular formula is C20H20O2S. The van der Waals surface area contributed by atoms with Crippen molar-refractivity contribution in [1.82, 2.24) is 0 Å². The van der Waals surface area contributed by atoms with Crippen LogP contribution in [0.4, 0.5) is 0 Å². The molecule has 0 radical (unpaired) electrons. The van der Waals surface area contributed by atoms with Crippen molar-refractivity contribution in [2.75, 3.05) is 5.75 Å². The lowest BCUT2D eigenvalue weighted by atomic mass is 9.84. The maximum absolute atomic E-state index is 11.0. The predicted octanol–water partition coefficient (Wildman–Crippen LogP) is 5.22. The lowest BCUT2D eigenvalue weighted by Crippen LogP contribution is -2.15. The molecular weight excluding hydrogens is 304 g/mol. The van der Waals surface area contributed by atoms with Gasteiger partial charge < -0.3 is 5.11 Å². The predicted molar refractivity (Wildman–Crippen MR) is 96.3 cm³/mol. The Hall–Kier alpha value is -2.00. The van der Waals surface area contributed by atoms with Crippen LogP contribution >= 0.6 is 11.8 Å². The van der Waals surface area contributed by atoms with Gasteiger partial charge >= 0.3 is 5.97 Å². The van der Waals surface area contributed by atoms with Gasteiger partial charge in [0.2, 0.25) is 0 Å². The van der Waals surface area contributed by atoms with Crippen molar-refractivity contribution in [3.8, 4) is 0 Å². The number of rotatable bonds is 3. The van der Waals surface area contributed by atoms with Crippen LogP contribution in [0, 0.1) is 0 Å². The number of carbonyl (C=O) groups is 1. The summed E-state index contributed by atoms with van der Waals surface area (Å²) in [5, 5.41) is 9.04. The zero-order chi connectivity index (χ0) is 16.6. The fourth-order valence-corrected chi connectivity index (χ4v) is 4.31. The van der Waals surface area contributed by atoms with E-state index < -0.39 is 5.97 Å². The van der Waals surface area contributed by atoms with E-state index in [1.54, 1.807) is 12.1 Å². The van der Waals surface area contributed by atoms with E-state index in [9.17, 15) is 4.79 Å². The molecule has 118 valence electrons. The van der Waals surface area contributed by atoms with Crippen LogP contribution in [0.15, 0.2) is 53.4 Å². The van der Waals surface area contributed by atoms with Gasteiger partial charge in [-0.15, -0.1) is 11.8 Å². The fourth-order valence-electron chi connectivity index (χ4n) is 2.98. The maximum Gasteiger partial charge on any atom is 0.335 e. The van der Waals surface area contributed by atoms with E-state index in [-0.39, 0.29) is 5.41 Å². The number of carboxylic acids is 1. The first kappa shape index (κ1) is 15.9. The molecule has 1 N–H and O–H groups in total. The second kappa shape index (κ2) is 5.89. The second-order valence-corrected chi connectivity index (χ2v) is 7.49. The molecule has 0 unspecified atom stereocenters. The van der Waals surface area contributed by atoms with E-state index in [0.717, 1.165) is 16.9 Å². The molecule has 0 saturated carbocycles. The zero-order valence-electron chi connectivity index (χ0n) is 13.6. The molecule has 0 atom stereocenters. The van der Waals surface area contributed by atoms with Gasteiger partial charge in [0.1, 0.15) is 0 Å². The lowest BCUT2D eigenvalue weighted by Gasteiger charge is -2.19. The highest BCUT2D eigenvalue weighted by molar-refractivity contribution is 7.99. The molecule has 0 saturated heterocycles. The zero-order valence-corrected chi connectivity index (χ0v) is 14.4. The van der Waals surface area contributed by atoms with Crippen molar-refractivity contribution in [3.05, 3.63) is 70.8 Å². The Morgan fingerprint density at radius 2 is 1.70 bits per heavy atom. The second-order valence-electron chi connectivity index (χ2n) is 6.47. The molecule has 0 fully saturated rings. The lowest BCUT2D eigenvalue weighted by molar-refractivity contribution is 0.0697. The molecule has 1 aliphatic heterocycles. The summed E-state index contributed by atoms with van der Waals surface area (Å²) in [6.07, 6.45) is 2.09. The third kappa shape index (κ3) is 2.93. The van der Waals surface area contributed by atoms with Crippen molar-refractivity contribution in [2.45, 2.75) is 31.1 Å². The summed E-state index contributed by atoms with van der Waals surface area (Å²) >= 11 is 1.92. The molecule has 1 aliphatic rings. The van der Waals surface area contributed by atoms with E-state index in [2.05, 4.69) is 38.1 Å². The molecule has 3 heteroatoms. The van der Waals surface area contributed by atoms with E-state index in [1.807, 2.05) is 30.8 Å². The average molecular weight is 324 g/mol. The minimum absolute atomic E-state index is 0.196. The molecule has 0 amide bonds. The van der Waals surface area contributed by atoms with Gasteiger partial charge in [-0.05, 0) is 53.5 Å². The fraction of sp³-hybridized carbons (Fsp3) is 0.250. The number of allylic oxidation sites excluding steroid dienone is 1. The molecule has 0 aliphatic carbocycles. The van der Waals surface area contributed by atoms with E-state index in [4.69, 9.17) is 5.11 Å². The average Bonchev–Trinajstić information content (AvgIpc) is 2.84. The first-order valence-electron chi connectivity index (χ1n) is 7.70. The largest absolute Gasteiger partial charge is 0.478 e. The Balaban J connectivity index is 2.01. The van der Waals surface area contributed by atoms with Crippen molar-refractivity contribution >= 4 is 23.3 Å². The van der Waals surface area contributed by atoms with Crippen LogP contribution in [0.3, 0.4) is 0 Å². The minimum Gasteiger partial charge on any atom is -0.478 e. The van der Waals surface area contributed by atoms with Gasteiger partial charge in [0.05, 0.1) is 5.56 Å². The van der Waals surface area contributed by atoms with Crippen LogP contribution in [0.5, 0.6) is 0 Å². The van der Waals surface area contributed by atoms with Gasteiger partial charge in [-0.3, -0.25) is 0 Å². The number of thioether (sulfide) groups is 1. The molecule has 2 aromatic rings. The maximum atomic E-state index is 11.0. The van der Waals surface area contributed by atoms with Crippen LogP contribution in [0.2, 0.25) is 0 Å². The van der Waals surface area contributed by atoms with Crippen LogP contribution in [0.25, 0.3) is 5.57 Å². The molecule has 0 spiro atoms. The molecule has 2 aromatic carbocycles. The van der Waals surface area contributed by atoms with Crippen LogP contribution in [-0.2, 0) is 5.41 Å². The summed E-state index contributed by atoms with van der Waals surface area (Å²) in [5.74, 6) is 0.222. The van der Waals surface area contributed by atoms with E-state index >= 15 is 0 Å². The van der Waals surface area contributed by atoms with Crippen molar-refractivity contribution in [3.63, 3.8) is 0 Å². The Kier molecular flexibility index (Phi) is 4.07. The number of aromatic carboxylic acids is 1. The SMILES string of the molecule is C/C=C(\c1ccc(C(=O)O)cc1)c1ccc2c(c1)C(C)(C)CS2. The number of benzene rings is 2. The monoisotopic (exact) mass is 324 g/mol. The Morgan fingerprint density at radius 3 is 2.30 bits per heavy atom. The third-order valence-electron chi connectivity index (χ3n) is 4.34. The number of carboxylic acid groups (broad SMARTS) is 1. The first-order valence-corrected chi connectivity index (χ1v) is 8.69.